The minimum absolute atomic E-state index is 0.0242. The third-order valence-corrected chi connectivity index (χ3v) is 3.29. The van der Waals surface area contributed by atoms with Crippen LogP contribution in [0.5, 0.6) is 0 Å². The van der Waals surface area contributed by atoms with E-state index in [4.69, 9.17) is 5.73 Å². The molecule has 1 aliphatic heterocycles. The zero-order valence-electron chi connectivity index (χ0n) is 11.5. The van der Waals surface area contributed by atoms with E-state index in [0.29, 0.717) is 18.7 Å². The predicted molar refractivity (Wildman–Crippen MR) is 77.2 cm³/mol. The number of anilines is 1. The fraction of sp³-hybridized carbons (Fsp3) is 0.429. The van der Waals surface area contributed by atoms with Crippen LogP contribution in [0, 0.1) is 0 Å². The first-order valence-electron chi connectivity index (χ1n) is 6.74. The number of benzene rings is 1. The number of hydrogen-bond acceptors (Lipinski definition) is 3. The maximum atomic E-state index is 11.7. The van der Waals surface area contributed by atoms with E-state index in [0.717, 1.165) is 12.0 Å². The van der Waals surface area contributed by atoms with Crippen LogP contribution in [0.2, 0.25) is 0 Å². The molecule has 6 heteroatoms. The summed E-state index contributed by atoms with van der Waals surface area (Å²) in [5.74, 6) is 0.0451. The molecule has 0 aromatic heterocycles. The number of carbonyl (C=O) groups is 2. The van der Waals surface area contributed by atoms with Crippen molar-refractivity contribution in [2.75, 3.05) is 11.9 Å². The van der Waals surface area contributed by atoms with Crippen LogP contribution >= 0.6 is 0 Å². The van der Waals surface area contributed by atoms with Crippen molar-refractivity contribution < 1.29 is 9.59 Å². The van der Waals surface area contributed by atoms with Crippen LogP contribution < -0.4 is 21.7 Å². The van der Waals surface area contributed by atoms with Crippen LogP contribution in [-0.4, -0.2) is 24.5 Å². The lowest BCUT2D eigenvalue weighted by atomic mass is 10.1. The van der Waals surface area contributed by atoms with Gasteiger partial charge in [-0.2, -0.15) is 0 Å². The molecule has 1 fully saturated rings. The van der Waals surface area contributed by atoms with Crippen LogP contribution in [0.4, 0.5) is 10.5 Å². The molecule has 0 aliphatic carbocycles. The van der Waals surface area contributed by atoms with Crippen molar-refractivity contribution in [3.05, 3.63) is 29.8 Å². The molecule has 1 aromatic carbocycles. The van der Waals surface area contributed by atoms with Crippen molar-refractivity contribution in [3.8, 4) is 0 Å². The maximum absolute atomic E-state index is 11.7. The van der Waals surface area contributed by atoms with Gasteiger partial charge >= 0.3 is 6.03 Å². The first kappa shape index (κ1) is 14.3. The van der Waals surface area contributed by atoms with E-state index in [9.17, 15) is 9.59 Å². The summed E-state index contributed by atoms with van der Waals surface area (Å²) in [4.78, 5) is 22.7. The number of carbonyl (C=O) groups excluding carboxylic acids is 2. The van der Waals surface area contributed by atoms with E-state index in [2.05, 4.69) is 16.0 Å². The predicted octanol–water partition coefficient (Wildman–Crippen LogP) is 1.11. The maximum Gasteiger partial charge on any atom is 0.319 e. The average Bonchev–Trinajstić information content (AvgIpc) is 2.83. The van der Waals surface area contributed by atoms with Gasteiger partial charge in [0.2, 0.25) is 5.91 Å². The van der Waals surface area contributed by atoms with Gasteiger partial charge < -0.3 is 21.7 Å². The Morgan fingerprint density at radius 1 is 1.45 bits per heavy atom. The van der Waals surface area contributed by atoms with Crippen molar-refractivity contribution in [2.45, 2.75) is 31.8 Å². The summed E-state index contributed by atoms with van der Waals surface area (Å²) in [6.45, 7) is 2.35. The van der Waals surface area contributed by atoms with Gasteiger partial charge in [0.05, 0.1) is 0 Å². The quantitative estimate of drug-likeness (QED) is 0.663. The third kappa shape index (κ3) is 3.96. The fourth-order valence-electron chi connectivity index (χ4n) is 2.09. The van der Waals surface area contributed by atoms with Crippen molar-refractivity contribution in [3.63, 3.8) is 0 Å². The summed E-state index contributed by atoms with van der Waals surface area (Å²) in [6, 6.07) is 7.14. The monoisotopic (exact) mass is 276 g/mol. The fourth-order valence-corrected chi connectivity index (χ4v) is 2.09. The summed E-state index contributed by atoms with van der Waals surface area (Å²) in [6.07, 6.45) is 1.30. The number of amides is 3. The van der Waals surface area contributed by atoms with E-state index < -0.39 is 0 Å². The van der Waals surface area contributed by atoms with Gasteiger partial charge in [0.15, 0.2) is 0 Å². The lowest BCUT2D eigenvalue weighted by molar-refractivity contribution is -0.119. The van der Waals surface area contributed by atoms with Crippen LogP contribution in [0.1, 0.15) is 31.4 Å². The van der Waals surface area contributed by atoms with Gasteiger partial charge in [0.1, 0.15) is 0 Å². The van der Waals surface area contributed by atoms with Gasteiger partial charge in [-0.25, -0.2) is 4.79 Å². The molecular weight excluding hydrogens is 256 g/mol. The number of urea groups is 1. The van der Waals surface area contributed by atoms with Gasteiger partial charge in [-0.1, -0.05) is 12.1 Å². The second kappa shape index (κ2) is 6.38. The zero-order chi connectivity index (χ0) is 14.5. The normalized spacial score (nSPS) is 19.3. The first-order chi connectivity index (χ1) is 9.54. The molecule has 6 nitrogen and oxygen atoms in total. The van der Waals surface area contributed by atoms with Gasteiger partial charge in [0, 0.05) is 30.7 Å². The Morgan fingerprint density at radius 3 is 2.70 bits per heavy atom. The summed E-state index contributed by atoms with van der Waals surface area (Å²) in [7, 11) is 0. The molecule has 108 valence electrons. The molecule has 0 radical (unpaired) electrons. The number of nitrogens with two attached hydrogens (primary N) is 1. The smallest absolute Gasteiger partial charge is 0.319 e. The molecule has 1 aliphatic rings. The minimum Gasteiger partial charge on any atom is -0.352 e. The third-order valence-electron chi connectivity index (χ3n) is 3.29. The minimum atomic E-state index is -0.278. The molecule has 0 bridgehead atoms. The van der Waals surface area contributed by atoms with E-state index in [-0.39, 0.29) is 24.0 Å². The van der Waals surface area contributed by atoms with Gasteiger partial charge in [-0.3, -0.25) is 4.79 Å². The molecule has 2 rings (SSSR count). The van der Waals surface area contributed by atoms with Crippen LogP contribution in [-0.2, 0) is 4.79 Å². The van der Waals surface area contributed by atoms with Crippen LogP contribution in [0.15, 0.2) is 24.3 Å². The molecule has 3 amide bonds. The van der Waals surface area contributed by atoms with Crippen LogP contribution in [0.3, 0.4) is 0 Å². The topological polar surface area (TPSA) is 96.2 Å². The molecule has 1 aromatic rings. The second-order valence-corrected chi connectivity index (χ2v) is 5.05. The first-order valence-corrected chi connectivity index (χ1v) is 6.74. The molecule has 1 saturated heterocycles. The molecule has 20 heavy (non-hydrogen) atoms. The average molecular weight is 276 g/mol. The Labute approximate surface area is 118 Å². The zero-order valence-corrected chi connectivity index (χ0v) is 11.5. The Kier molecular flexibility index (Phi) is 4.57. The van der Waals surface area contributed by atoms with E-state index in [1.165, 1.54) is 0 Å². The molecule has 1 heterocycles. The molecule has 5 N–H and O–H groups in total. The molecular formula is C14H20N4O2. The molecule has 0 saturated carbocycles. The van der Waals surface area contributed by atoms with Crippen molar-refractivity contribution in [1.29, 1.82) is 0 Å². The van der Waals surface area contributed by atoms with Crippen molar-refractivity contribution in [2.24, 2.45) is 5.73 Å². The van der Waals surface area contributed by atoms with E-state index >= 15 is 0 Å². The number of hydrogen-bond donors (Lipinski definition) is 4. The summed E-state index contributed by atoms with van der Waals surface area (Å²) >= 11 is 0. The Bertz CT molecular complexity index is 484. The SMILES string of the molecule is CC(N)c1ccc(NC(=O)NCC2CCC(=O)N2)cc1. The highest BCUT2D eigenvalue weighted by atomic mass is 16.2. The van der Waals surface area contributed by atoms with Gasteiger partial charge in [0.25, 0.3) is 0 Å². The Morgan fingerprint density at radius 2 is 2.15 bits per heavy atom. The van der Waals surface area contributed by atoms with Crippen molar-refractivity contribution in [1.82, 2.24) is 10.6 Å². The number of rotatable bonds is 4. The summed E-state index contributed by atoms with van der Waals surface area (Å²) < 4.78 is 0. The Balaban J connectivity index is 1.77. The standard InChI is InChI=1S/C14H20N4O2/c1-9(15)10-2-4-11(5-3-10)18-14(20)16-8-12-6-7-13(19)17-12/h2-5,9,12H,6-8,15H2,1H3,(H,17,19)(H2,16,18,20). The lowest BCUT2D eigenvalue weighted by Gasteiger charge is -2.12. The summed E-state index contributed by atoms with van der Waals surface area (Å²) in [5, 5.41) is 8.28. The largest absolute Gasteiger partial charge is 0.352 e. The second-order valence-electron chi connectivity index (χ2n) is 5.05. The van der Waals surface area contributed by atoms with Gasteiger partial charge in [-0.15, -0.1) is 0 Å². The molecule has 2 unspecified atom stereocenters. The van der Waals surface area contributed by atoms with E-state index in [1.54, 1.807) is 0 Å². The van der Waals surface area contributed by atoms with Crippen molar-refractivity contribution >= 4 is 17.6 Å². The van der Waals surface area contributed by atoms with Crippen LogP contribution in [0.25, 0.3) is 0 Å². The van der Waals surface area contributed by atoms with Gasteiger partial charge in [-0.05, 0) is 31.0 Å². The van der Waals surface area contributed by atoms with E-state index in [1.807, 2.05) is 31.2 Å². The highest BCUT2D eigenvalue weighted by molar-refractivity contribution is 5.89. The molecule has 2 atom stereocenters. The molecule has 0 spiro atoms. The lowest BCUT2D eigenvalue weighted by Crippen LogP contribution is -2.40. The highest BCUT2D eigenvalue weighted by Crippen LogP contribution is 2.14. The Hall–Kier alpha value is -2.08. The highest BCUT2D eigenvalue weighted by Gasteiger charge is 2.20. The number of nitrogens with one attached hydrogen (secondary N) is 3. The summed E-state index contributed by atoms with van der Waals surface area (Å²) in [5.41, 5.74) is 7.49.